The first-order valence-electron chi connectivity index (χ1n) is 12.1. The standard InChI is InChI=1S/C21H39N7O11/c1-13(31)17(25-19(33)15(23)6-3-9-27(38)12-30)20(34)28(39)10-4-7-16(21(35)36)24-18(32)14(22)5-2-8-26(37)11-29/h11-17,31,37-39H,2-10,22-23H2,1H3,(H,24,32)(H,25,33)(H,35,36)/t13-,14+,15+,16-,17+/m0/s1. The van der Waals surface area contributed by atoms with Gasteiger partial charge in [-0.15, -0.1) is 0 Å². The van der Waals surface area contributed by atoms with Crippen LogP contribution in [0.4, 0.5) is 0 Å². The van der Waals surface area contributed by atoms with E-state index in [2.05, 4.69) is 10.6 Å². The summed E-state index contributed by atoms with van der Waals surface area (Å²) in [6.07, 6.45) is -0.984. The van der Waals surface area contributed by atoms with Gasteiger partial charge in [-0.1, -0.05) is 0 Å². The van der Waals surface area contributed by atoms with Gasteiger partial charge in [-0.3, -0.25) is 39.6 Å². The van der Waals surface area contributed by atoms with Gasteiger partial charge < -0.3 is 32.3 Å². The van der Waals surface area contributed by atoms with E-state index in [1.807, 2.05) is 0 Å². The van der Waals surface area contributed by atoms with Crippen LogP contribution in [0.2, 0.25) is 0 Å². The minimum atomic E-state index is -1.58. The van der Waals surface area contributed by atoms with E-state index in [4.69, 9.17) is 21.9 Å². The molecule has 0 aliphatic carbocycles. The number of carboxylic acid groups (broad SMARTS) is 1. The number of hydroxylamine groups is 6. The maximum Gasteiger partial charge on any atom is 0.326 e. The number of nitrogens with zero attached hydrogens (tertiary/aromatic N) is 3. The molecule has 0 radical (unpaired) electrons. The number of nitrogens with one attached hydrogen (secondary N) is 2. The van der Waals surface area contributed by atoms with Gasteiger partial charge in [-0.2, -0.15) is 0 Å². The number of aliphatic hydroxyl groups is 1. The van der Waals surface area contributed by atoms with Crippen molar-refractivity contribution >= 4 is 36.5 Å². The van der Waals surface area contributed by atoms with E-state index in [1.54, 1.807) is 0 Å². The monoisotopic (exact) mass is 565 g/mol. The largest absolute Gasteiger partial charge is 0.480 e. The van der Waals surface area contributed by atoms with Gasteiger partial charge in [0.25, 0.3) is 5.91 Å². The van der Waals surface area contributed by atoms with Gasteiger partial charge in [-0.05, 0) is 45.4 Å². The Bertz CT molecular complexity index is 817. The van der Waals surface area contributed by atoms with Crippen LogP contribution >= 0.6 is 0 Å². The average Bonchev–Trinajstić information content (AvgIpc) is 2.89. The summed E-state index contributed by atoms with van der Waals surface area (Å²) >= 11 is 0. The van der Waals surface area contributed by atoms with E-state index in [1.165, 1.54) is 6.92 Å². The molecule has 0 saturated heterocycles. The van der Waals surface area contributed by atoms with Crippen molar-refractivity contribution in [3.8, 4) is 0 Å². The Kier molecular flexibility index (Phi) is 17.1. The second-order valence-corrected chi connectivity index (χ2v) is 8.76. The SMILES string of the molecule is C[C@H](O)[C@@H](NC(=O)[C@H](N)CCCN(O)C=O)C(=O)N(O)CCC[C@H](NC(=O)[C@H](N)CCCN(O)C=O)C(=O)O. The Morgan fingerprint density at radius 3 is 1.64 bits per heavy atom. The van der Waals surface area contributed by atoms with Crippen molar-refractivity contribution in [1.82, 2.24) is 25.8 Å². The summed E-state index contributed by atoms with van der Waals surface area (Å²) in [5.41, 5.74) is 11.4. The van der Waals surface area contributed by atoms with E-state index in [0.29, 0.717) is 10.1 Å². The van der Waals surface area contributed by atoms with Gasteiger partial charge in [0.15, 0.2) is 0 Å². The molecule has 0 saturated carbocycles. The molecule has 0 bridgehead atoms. The van der Waals surface area contributed by atoms with Crippen LogP contribution in [0.15, 0.2) is 0 Å². The third-order valence-corrected chi connectivity index (χ3v) is 5.50. The van der Waals surface area contributed by atoms with E-state index in [0.717, 1.165) is 0 Å². The Balaban J connectivity index is 4.81. The van der Waals surface area contributed by atoms with Crippen molar-refractivity contribution in [2.45, 2.75) is 75.7 Å². The summed E-state index contributed by atoms with van der Waals surface area (Å²) in [6.45, 7) is 0.621. The molecule has 39 heavy (non-hydrogen) atoms. The fraction of sp³-hybridized carbons (Fsp3) is 0.714. The third kappa shape index (κ3) is 14.3. The van der Waals surface area contributed by atoms with Crippen LogP contribution in [0, 0.1) is 0 Å². The first kappa shape index (κ1) is 35.6. The molecule has 11 N–H and O–H groups in total. The first-order chi connectivity index (χ1) is 18.2. The minimum absolute atomic E-state index is 0.0326. The van der Waals surface area contributed by atoms with Crippen LogP contribution in [0.3, 0.4) is 0 Å². The average molecular weight is 566 g/mol. The Hall–Kier alpha value is -3.42. The van der Waals surface area contributed by atoms with E-state index >= 15 is 0 Å². The fourth-order valence-electron chi connectivity index (χ4n) is 3.22. The molecule has 0 aliphatic rings. The maximum atomic E-state index is 12.6. The van der Waals surface area contributed by atoms with Crippen molar-refractivity contribution in [3.05, 3.63) is 0 Å². The van der Waals surface area contributed by atoms with Crippen LogP contribution in [-0.2, 0) is 28.8 Å². The van der Waals surface area contributed by atoms with Gasteiger partial charge in [0, 0.05) is 19.6 Å². The number of carboxylic acids is 1. The number of carbonyl (C=O) groups excluding carboxylic acids is 5. The number of amides is 5. The van der Waals surface area contributed by atoms with E-state index < -0.39 is 60.5 Å². The third-order valence-electron chi connectivity index (χ3n) is 5.50. The van der Waals surface area contributed by atoms with Gasteiger partial charge in [0.2, 0.25) is 24.6 Å². The van der Waals surface area contributed by atoms with Crippen LogP contribution in [-0.4, -0.2) is 127 Å². The molecule has 0 fully saturated rings. The molecule has 224 valence electrons. The van der Waals surface area contributed by atoms with E-state index in [-0.39, 0.29) is 69.5 Å². The first-order valence-corrected chi connectivity index (χ1v) is 12.1. The molecule has 18 nitrogen and oxygen atoms in total. The number of rotatable bonds is 21. The summed E-state index contributed by atoms with van der Waals surface area (Å²) in [5.74, 6) is -4.12. The lowest BCUT2D eigenvalue weighted by molar-refractivity contribution is -0.171. The van der Waals surface area contributed by atoms with Crippen molar-refractivity contribution in [2.24, 2.45) is 11.5 Å². The van der Waals surface area contributed by atoms with Gasteiger partial charge in [0.05, 0.1) is 18.2 Å². The van der Waals surface area contributed by atoms with Crippen LogP contribution in [0.1, 0.15) is 45.4 Å². The predicted octanol–water partition coefficient (Wildman–Crippen LogP) is -3.67. The molecule has 18 heteroatoms. The number of hydrogen-bond acceptors (Lipinski definition) is 12. The summed E-state index contributed by atoms with van der Waals surface area (Å²) < 4.78 is 0. The molecule has 0 rings (SSSR count). The minimum Gasteiger partial charge on any atom is -0.480 e. The lowest BCUT2D eigenvalue weighted by Crippen LogP contribution is -2.56. The number of carbonyl (C=O) groups is 6. The highest BCUT2D eigenvalue weighted by molar-refractivity contribution is 5.89. The molecule has 0 unspecified atom stereocenters. The molecule has 5 atom stereocenters. The molecular weight excluding hydrogens is 526 g/mol. The van der Waals surface area contributed by atoms with Crippen LogP contribution < -0.4 is 22.1 Å². The smallest absolute Gasteiger partial charge is 0.326 e. The molecule has 0 aliphatic heterocycles. The number of hydrogen-bond donors (Lipinski definition) is 9. The lowest BCUT2D eigenvalue weighted by Gasteiger charge is -2.26. The number of aliphatic hydroxyl groups excluding tert-OH is 1. The van der Waals surface area contributed by atoms with Gasteiger partial charge in [0.1, 0.15) is 12.1 Å². The van der Waals surface area contributed by atoms with Crippen molar-refractivity contribution in [2.75, 3.05) is 19.6 Å². The van der Waals surface area contributed by atoms with E-state index in [9.17, 15) is 44.2 Å². The Morgan fingerprint density at radius 2 is 1.23 bits per heavy atom. The van der Waals surface area contributed by atoms with Gasteiger partial charge >= 0.3 is 5.97 Å². The summed E-state index contributed by atoms with van der Waals surface area (Å²) in [7, 11) is 0. The highest BCUT2D eigenvalue weighted by Gasteiger charge is 2.31. The van der Waals surface area contributed by atoms with Crippen molar-refractivity contribution in [1.29, 1.82) is 0 Å². The van der Waals surface area contributed by atoms with Crippen molar-refractivity contribution < 1.29 is 54.6 Å². The van der Waals surface area contributed by atoms with Gasteiger partial charge in [-0.25, -0.2) is 20.0 Å². The quantitative estimate of drug-likeness (QED) is 0.0369. The number of aliphatic carboxylic acids is 1. The highest BCUT2D eigenvalue weighted by atomic mass is 16.5. The predicted molar refractivity (Wildman–Crippen MR) is 129 cm³/mol. The molecule has 0 aromatic rings. The molecule has 0 spiro atoms. The second kappa shape index (κ2) is 18.8. The van der Waals surface area contributed by atoms with Crippen LogP contribution in [0.5, 0.6) is 0 Å². The van der Waals surface area contributed by atoms with Crippen LogP contribution in [0.25, 0.3) is 0 Å². The second-order valence-electron chi connectivity index (χ2n) is 8.76. The molecule has 0 aromatic heterocycles. The summed E-state index contributed by atoms with van der Waals surface area (Å²) in [4.78, 5) is 69.2. The normalized spacial score (nSPS) is 14.6. The number of nitrogens with two attached hydrogens (primary N) is 2. The molecular formula is C21H39N7O11. The topological polar surface area (TPSA) is 289 Å². The highest BCUT2D eigenvalue weighted by Crippen LogP contribution is 2.06. The zero-order chi connectivity index (χ0) is 30.1. The molecule has 5 amide bonds. The zero-order valence-electron chi connectivity index (χ0n) is 21.6. The Labute approximate surface area is 224 Å². The molecule has 0 heterocycles. The summed E-state index contributed by atoms with van der Waals surface area (Å²) in [5, 5.41) is 52.9. The fourth-order valence-corrected chi connectivity index (χ4v) is 3.22. The molecule has 0 aromatic carbocycles. The Morgan fingerprint density at radius 1 is 0.795 bits per heavy atom. The summed E-state index contributed by atoms with van der Waals surface area (Å²) in [6, 6.07) is -5.25. The zero-order valence-corrected chi connectivity index (χ0v) is 21.6. The lowest BCUT2D eigenvalue weighted by atomic mass is 10.1. The van der Waals surface area contributed by atoms with Crippen molar-refractivity contribution in [3.63, 3.8) is 0 Å². The maximum absolute atomic E-state index is 12.6.